The van der Waals surface area contributed by atoms with Crippen molar-refractivity contribution in [2.45, 2.75) is 19.9 Å². The Morgan fingerprint density at radius 1 is 1.39 bits per heavy atom. The molecule has 0 fully saturated rings. The first-order valence-electron chi connectivity index (χ1n) is 5.39. The summed E-state index contributed by atoms with van der Waals surface area (Å²) in [5, 5.41) is 13.5. The van der Waals surface area contributed by atoms with Crippen molar-refractivity contribution in [1.29, 1.82) is 0 Å². The molecule has 1 aromatic carbocycles. The van der Waals surface area contributed by atoms with Crippen LogP contribution in [0.3, 0.4) is 0 Å². The van der Waals surface area contributed by atoms with Gasteiger partial charge in [0.2, 0.25) is 0 Å². The molecule has 0 radical (unpaired) electrons. The number of carboxylic acids is 1. The number of ether oxygens (including phenoxy) is 1. The minimum absolute atomic E-state index is 0.493. The van der Waals surface area contributed by atoms with E-state index in [0.717, 1.165) is 5.56 Å². The fourth-order valence-corrected chi connectivity index (χ4v) is 1.34. The van der Waals surface area contributed by atoms with Gasteiger partial charge >= 0.3 is 12.0 Å². The molecule has 3 N–H and O–H groups in total. The van der Waals surface area contributed by atoms with E-state index < -0.39 is 18.0 Å². The Morgan fingerprint density at radius 3 is 2.61 bits per heavy atom. The zero-order valence-corrected chi connectivity index (χ0v) is 10.5. The smallest absolute Gasteiger partial charge is 0.325 e. The van der Waals surface area contributed by atoms with Crippen molar-refractivity contribution in [3.05, 3.63) is 23.8 Å². The van der Waals surface area contributed by atoms with E-state index in [2.05, 4.69) is 10.6 Å². The number of benzene rings is 1. The monoisotopic (exact) mass is 252 g/mol. The summed E-state index contributed by atoms with van der Waals surface area (Å²) in [7, 11) is 1.49. The van der Waals surface area contributed by atoms with Gasteiger partial charge in [0.05, 0.1) is 12.8 Å². The van der Waals surface area contributed by atoms with E-state index in [1.807, 2.05) is 13.0 Å². The van der Waals surface area contributed by atoms with E-state index in [1.54, 1.807) is 12.1 Å². The van der Waals surface area contributed by atoms with Crippen molar-refractivity contribution in [1.82, 2.24) is 5.32 Å². The third kappa shape index (κ3) is 3.65. The predicted molar refractivity (Wildman–Crippen MR) is 67.0 cm³/mol. The molecule has 0 aromatic heterocycles. The second-order valence-corrected chi connectivity index (χ2v) is 3.86. The number of aryl methyl sites for hydroxylation is 1. The first kappa shape index (κ1) is 13.8. The van der Waals surface area contributed by atoms with Crippen LogP contribution in [0.25, 0.3) is 0 Å². The molecule has 0 bridgehead atoms. The highest BCUT2D eigenvalue weighted by Crippen LogP contribution is 2.24. The number of aliphatic carboxylic acids is 1. The Hall–Kier alpha value is -2.24. The third-order valence-corrected chi connectivity index (χ3v) is 2.32. The average Bonchev–Trinajstić information content (AvgIpc) is 2.28. The number of rotatable bonds is 4. The van der Waals surface area contributed by atoms with E-state index in [4.69, 9.17) is 9.84 Å². The van der Waals surface area contributed by atoms with Gasteiger partial charge in [-0.25, -0.2) is 4.79 Å². The van der Waals surface area contributed by atoms with Crippen LogP contribution in [0.1, 0.15) is 12.5 Å². The molecule has 6 heteroatoms. The first-order chi connectivity index (χ1) is 8.43. The molecular formula is C12H16N2O4. The number of carboxylic acid groups (broad SMARTS) is 1. The van der Waals surface area contributed by atoms with Crippen molar-refractivity contribution >= 4 is 17.7 Å². The molecule has 1 rings (SSSR count). The molecule has 1 aromatic rings. The summed E-state index contributed by atoms with van der Waals surface area (Å²) in [6, 6.07) is 3.77. The number of hydrogen-bond donors (Lipinski definition) is 3. The van der Waals surface area contributed by atoms with E-state index in [1.165, 1.54) is 14.0 Å². The lowest BCUT2D eigenvalue weighted by atomic mass is 10.2. The number of carbonyl (C=O) groups is 2. The number of carbonyl (C=O) groups excluding carboxylic acids is 1. The highest BCUT2D eigenvalue weighted by atomic mass is 16.5. The van der Waals surface area contributed by atoms with Gasteiger partial charge in [-0.2, -0.15) is 0 Å². The molecule has 98 valence electrons. The third-order valence-electron chi connectivity index (χ3n) is 2.32. The van der Waals surface area contributed by atoms with Crippen LogP contribution in [0.15, 0.2) is 18.2 Å². The molecule has 0 saturated carbocycles. The average molecular weight is 252 g/mol. The van der Waals surface area contributed by atoms with Crippen LogP contribution in [-0.4, -0.2) is 30.3 Å². The molecule has 0 spiro atoms. The van der Waals surface area contributed by atoms with Crippen LogP contribution >= 0.6 is 0 Å². The zero-order valence-electron chi connectivity index (χ0n) is 10.5. The summed E-state index contributed by atoms with van der Waals surface area (Å²) in [5.74, 6) is -0.583. The number of methoxy groups -OCH3 is 1. The van der Waals surface area contributed by atoms with E-state index >= 15 is 0 Å². The second kappa shape index (κ2) is 5.90. The Balaban J connectivity index is 2.75. The molecule has 6 nitrogen and oxygen atoms in total. The maximum Gasteiger partial charge on any atom is 0.325 e. The topological polar surface area (TPSA) is 87.7 Å². The lowest BCUT2D eigenvalue weighted by molar-refractivity contribution is -0.138. The minimum atomic E-state index is -1.10. The maximum absolute atomic E-state index is 11.6. The second-order valence-electron chi connectivity index (χ2n) is 3.86. The van der Waals surface area contributed by atoms with Crippen LogP contribution in [-0.2, 0) is 4.79 Å². The molecule has 2 amide bonds. The molecule has 0 heterocycles. The molecule has 0 unspecified atom stereocenters. The number of anilines is 1. The van der Waals surface area contributed by atoms with Gasteiger partial charge < -0.3 is 20.5 Å². The van der Waals surface area contributed by atoms with Crippen LogP contribution in [0.5, 0.6) is 5.75 Å². The standard InChI is InChI=1S/C12H16N2O4/c1-7-4-5-10(18-3)9(6-7)14-12(17)13-8(2)11(15)16/h4-6,8H,1-3H3,(H,15,16)(H2,13,14,17)/t8-/m0/s1. The van der Waals surface area contributed by atoms with Crippen molar-refractivity contribution in [3.63, 3.8) is 0 Å². The number of nitrogens with one attached hydrogen (secondary N) is 2. The highest BCUT2D eigenvalue weighted by molar-refractivity contribution is 5.93. The summed E-state index contributed by atoms with van der Waals surface area (Å²) < 4.78 is 5.09. The largest absolute Gasteiger partial charge is 0.495 e. The fraction of sp³-hybridized carbons (Fsp3) is 0.333. The Bertz CT molecular complexity index is 459. The summed E-state index contributed by atoms with van der Waals surface area (Å²) in [6.07, 6.45) is 0. The molecule has 0 aliphatic heterocycles. The zero-order chi connectivity index (χ0) is 13.7. The van der Waals surface area contributed by atoms with Gasteiger partial charge in [-0.1, -0.05) is 6.07 Å². The van der Waals surface area contributed by atoms with Crippen LogP contribution in [0, 0.1) is 6.92 Å². The molecular weight excluding hydrogens is 236 g/mol. The van der Waals surface area contributed by atoms with Gasteiger partial charge in [0.15, 0.2) is 0 Å². The lowest BCUT2D eigenvalue weighted by Gasteiger charge is -2.13. The molecule has 1 atom stereocenters. The van der Waals surface area contributed by atoms with Crippen LogP contribution < -0.4 is 15.4 Å². The summed E-state index contributed by atoms with van der Waals surface area (Å²) in [6.45, 7) is 3.26. The number of hydrogen-bond acceptors (Lipinski definition) is 3. The highest BCUT2D eigenvalue weighted by Gasteiger charge is 2.15. The normalized spacial score (nSPS) is 11.5. The fourth-order valence-electron chi connectivity index (χ4n) is 1.34. The first-order valence-corrected chi connectivity index (χ1v) is 5.39. The van der Waals surface area contributed by atoms with Gasteiger partial charge in [0, 0.05) is 0 Å². The van der Waals surface area contributed by atoms with Crippen molar-refractivity contribution in [3.8, 4) is 5.75 Å². The van der Waals surface area contributed by atoms with Crippen molar-refractivity contribution in [2.75, 3.05) is 12.4 Å². The van der Waals surface area contributed by atoms with E-state index in [9.17, 15) is 9.59 Å². The molecule has 18 heavy (non-hydrogen) atoms. The van der Waals surface area contributed by atoms with Crippen LogP contribution in [0.2, 0.25) is 0 Å². The van der Waals surface area contributed by atoms with E-state index in [0.29, 0.717) is 11.4 Å². The van der Waals surface area contributed by atoms with Gasteiger partial charge in [-0.05, 0) is 31.5 Å². The summed E-state index contributed by atoms with van der Waals surface area (Å²) in [4.78, 5) is 22.2. The Morgan fingerprint density at radius 2 is 2.06 bits per heavy atom. The number of urea groups is 1. The predicted octanol–water partition coefficient (Wildman–Crippen LogP) is 1.60. The Kier molecular flexibility index (Phi) is 4.53. The Labute approximate surface area is 105 Å². The summed E-state index contributed by atoms with van der Waals surface area (Å²) in [5.41, 5.74) is 1.45. The molecule has 0 saturated heterocycles. The summed E-state index contributed by atoms with van der Waals surface area (Å²) >= 11 is 0. The minimum Gasteiger partial charge on any atom is -0.495 e. The van der Waals surface area contributed by atoms with E-state index in [-0.39, 0.29) is 0 Å². The quantitative estimate of drug-likeness (QED) is 0.759. The van der Waals surface area contributed by atoms with Crippen molar-refractivity contribution < 1.29 is 19.4 Å². The van der Waals surface area contributed by atoms with Gasteiger partial charge in [-0.3, -0.25) is 4.79 Å². The maximum atomic E-state index is 11.6. The van der Waals surface area contributed by atoms with Gasteiger partial charge in [0.1, 0.15) is 11.8 Å². The van der Waals surface area contributed by atoms with Crippen molar-refractivity contribution in [2.24, 2.45) is 0 Å². The van der Waals surface area contributed by atoms with Crippen LogP contribution in [0.4, 0.5) is 10.5 Å². The number of amides is 2. The van der Waals surface area contributed by atoms with Gasteiger partial charge in [-0.15, -0.1) is 0 Å². The molecule has 0 aliphatic carbocycles. The van der Waals surface area contributed by atoms with Gasteiger partial charge in [0.25, 0.3) is 0 Å². The lowest BCUT2D eigenvalue weighted by Crippen LogP contribution is -2.40. The SMILES string of the molecule is COc1ccc(C)cc1NC(=O)N[C@@H](C)C(=O)O. The molecule has 0 aliphatic rings.